The average Bonchev–Trinajstić information content (AvgIpc) is 2.94. The maximum Gasteiger partial charge on any atom is 0.373 e. The van der Waals surface area contributed by atoms with Crippen molar-refractivity contribution in [3.8, 4) is 22.6 Å². The van der Waals surface area contributed by atoms with E-state index in [0.29, 0.717) is 13.0 Å². The molecule has 1 N–H and O–H groups in total. The Balaban J connectivity index is 0.00000107. The van der Waals surface area contributed by atoms with Gasteiger partial charge in [0, 0.05) is 24.3 Å². The number of para-hydroxylation sites is 1. The van der Waals surface area contributed by atoms with Gasteiger partial charge >= 0.3 is 6.15 Å². The second-order valence-corrected chi connectivity index (χ2v) is 8.66. The lowest BCUT2D eigenvalue weighted by atomic mass is 9.95. The number of aryl methyl sites for hydroxylation is 1. The lowest BCUT2D eigenvalue weighted by molar-refractivity contribution is -0.191. The number of amides is 1. The van der Waals surface area contributed by atoms with Crippen molar-refractivity contribution in [1.29, 1.82) is 0 Å². The molecule has 6 nitrogen and oxygen atoms in total. The molecule has 0 aliphatic carbocycles. The lowest BCUT2D eigenvalue weighted by Gasteiger charge is -2.13. The molecule has 0 radical (unpaired) electrons. The van der Waals surface area contributed by atoms with Crippen LogP contribution in [-0.2, 0) is 27.3 Å². The number of pyridine rings is 1. The second kappa shape index (κ2) is 12.8. The Morgan fingerprint density at radius 2 is 1.58 bits per heavy atom. The van der Waals surface area contributed by atoms with Crippen LogP contribution in [0.5, 0.6) is 11.5 Å². The van der Waals surface area contributed by atoms with E-state index in [-0.39, 0.29) is 12.1 Å². The molecule has 1 aromatic heterocycles. The molecule has 0 atom stereocenters. The minimum atomic E-state index is -0.0264. The summed E-state index contributed by atoms with van der Waals surface area (Å²) in [6.45, 7) is 2.55. The lowest BCUT2D eigenvalue weighted by Crippen LogP contribution is -2.24. The van der Waals surface area contributed by atoms with Crippen molar-refractivity contribution < 1.29 is 19.1 Å². The predicted octanol–water partition coefficient (Wildman–Crippen LogP) is 6.28. The number of rotatable bonds is 7. The molecule has 6 heteroatoms. The maximum absolute atomic E-state index is 12.7. The molecular weight excluding hydrogens is 476 g/mol. The van der Waals surface area contributed by atoms with Gasteiger partial charge in [0.1, 0.15) is 11.5 Å². The van der Waals surface area contributed by atoms with Crippen molar-refractivity contribution in [2.45, 2.75) is 19.9 Å². The molecule has 0 saturated carbocycles. The van der Waals surface area contributed by atoms with Crippen molar-refractivity contribution in [2.75, 3.05) is 0 Å². The van der Waals surface area contributed by atoms with Gasteiger partial charge in [-0.3, -0.25) is 9.78 Å². The van der Waals surface area contributed by atoms with Crippen LogP contribution >= 0.6 is 0 Å². The average molecular weight is 503 g/mol. The third-order valence-corrected chi connectivity index (χ3v) is 5.98. The van der Waals surface area contributed by atoms with Crippen LogP contribution in [0.2, 0.25) is 0 Å². The summed E-state index contributed by atoms with van der Waals surface area (Å²) in [4.78, 5) is 33.3. The van der Waals surface area contributed by atoms with Gasteiger partial charge in [-0.05, 0) is 64.9 Å². The van der Waals surface area contributed by atoms with E-state index in [1.165, 1.54) is 16.7 Å². The number of benzene rings is 4. The standard InChI is InChI=1S/C31H26N2O2.CO2/c1-22-6-5-7-24(18-22)28-15-12-25(30-21-32-17-16-29(28)30)20-33-31(34)19-23-10-13-27(14-11-23)35-26-8-3-2-4-9-26;2-1-3/h2-18,21H,19-20H2,1H3,(H,33,34);. The zero-order valence-electron chi connectivity index (χ0n) is 20.9. The van der Waals surface area contributed by atoms with Gasteiger partial charge in [-0.2, -0.15) is 9.59 Å². The smallest absolute Gasteiger partial charge is 0.373 e. The van der Waals surface area contributed by atoms with Gasteiger partial charge in [-0.25, -0.2) is 0 Å². The molecule has 0 aliphatic rings. The highest BCUT2D eigenvalue weighted by Gasteiger charge is 2.10. The fourth-order valence-electron chi connectivity index (χ4n) is 4.21. The van der Waals surface area contributed by atoms with Gasteiger partial charge in [-0.15, -0.1) is 0 Å². The van der Waals surface area contributed by atoms with Gasteiger partial charge in [0.25, 0.3) is 0 Å². The molecule has 0 fully saturated rings. The van der Waals surface area contributed by atoms with E-state index in [9.17, 15) is 4.79 Å². The summed E-state index contributed by atoms with van der Waals surface area (Å²) in [5.74, 6) is 1.50. The number of ether oxygens (including phenoxy) is 1. The van der Waals surface area contributed by atoms with E-state index in [4.69, 9.17) is 14.3 Å². The first-order valence-electron chi connectivity index (χ1n) is 12.1. The minimum Gasteiger partial charge on any atom is -0.457 e. The molecule has 0 bridgehead atoms. The summed E-state index contributed by atoms with van der Waals surface area (Å²) in [7, 11) is 0. The molecule has 1 heterocycles. The summed E-state index contributed by atoms with van der Waals surface area (Å²) in [5, 5.41) is 5.25. The number of nitrogens with zero attached hydrogens (tertiary/aromatic N) is 1. The zero-order chi connectivity index (χ0) is 26.7. The van der Waals surface area contributed by atoms with E-state index in [1.807, 2.05) is 73.1 Å². The Kier molecular flexibility index (Phi) is 8.74. The van der Waals surface area contributed by atoms with Gasteiger partial charge in [0.15, 0.2) is 0 Å². The Bertz CT molecular complexity index is 1560. The molecule has 0 spiro atoms. The van der Waals surface area contributed by atoms with E-state index >= 15 is 0 Å². The first-order chi connectivity index (χ1) is 18.6. The summed E-state index contributed by atoms with van der Waals surface area (Å²) in [6.07, 6.45) is 4.25. The topological polar surface area (TPSA) is 85.4 Å². The van der Waals surface area contributed by atoms with Crippen LogP contribution in [0.4, 0.5) is 0 Å². The van der Waals surface area contributed by atoms with Crippen molar-refractivity contribution in [3.63, 3.8) is 0 Å². The molecule has 1 amide bonds. The summed E-state index contributed by atoms with van der Waals surface area (Å²) < 4.78 is 5.83. The first-order valence-corrected chi connectivity index (χ1v) is 12.1. The fraction of sp³-hybridized carbons (Fsp3) is 0.0938. The highest BCUT2D eigenvalue weighted by Crippen LogP contribution is 2.31. The van der Waals surface area contributed by atoms with Crippen LogP contribution in [0.25, 0.3) is 21.9 Å². The van der Waals surface area contributed by atoms with Crippen molar-refractivity contribution in [1.82, 2.24) is 10.3 Å². The van der Waals surface area contributed by atoms with E-state index in [2.05, 4.69) is 53.6 Å². The van der Waals surface area contributed by atoms with Crippen LogP contribution in [0.3, 0.4) is 0 Å². The number of hydrogen-bond acceptors (Lipinski definition) is 5. The monoisotopic (exact) mass is 502 g/mol. The second-order valence-electron chi connectivity index (χ2n) is 8.66. The Morgan fingerprint density at radius 1 is 0.842 bits per heavy atom. The predicted molar refractivity (Wildman–Crippen MR) is 145 cm³/mol. The highest BCUT2D eigenvalue weighted by molar-refractivity contribution is 5.98. The molecule has 38 heavy (non-hydrogen) atoms. The van der Waals surface area contributed by atoms with E-state index < -0.39 is 0 Å². The molecule has 5 aromatic rings. The van der Waals surface area contributed by atoms with Gasteiger partial charge in [-0.1, -0.05) is 72.3 Å². The van der Waals surface area contributed by atoms with Crippen LogP contribution in [0.15, 0.2) is 109 Å². The third-order valence-electron chi connectivity index (χ3n) is 5.98. The van der Waals surface area contributed by atoms with Crippen molar-refractivity contribution in [2.24, 2.45) is 0 Å². The molecule has 0 saturated heterocycles. The van der Waals surface area contributed by atoms with Gasteiger partial charge < -0.3 is 10.1 Å². The largest absolute Gasteiger partial charge is 0.457 e. The van der Waals surface area contributed by atoms with E-state index in [0.717, 1.165) is 33.4 Å². The highest BCUT2D eigenvalue weighted by atomic mass is 16.5. The summed E-state index contributed by atoms with van der Waals surface area (Å²) in [6, 6.07) is 32.0. The van der Waals surface area contributed by atoms with E-state index in [1.54, 1.807) is 0 Å². The van der Waals surface area contributed by atoms with Gasteiger partial charge in [0.2, 0.25) is 5.91 Å². The van der Waals surface area contributed by atoms with Crippen LogP contribution in [0.1, 0.15) is 16.7 Å². The molecule has 4 aromatic carbocycles. The molecule has 5 rings (SSSR count). The Hall–Kier alpha value is -5.06. The zero-order valence-corrected chi connectivity index (χ0v) is 20.9. The Labute approximate surface area is 220 Å². The van der Waals surface area contributed by atoms with Crippen LogP contribution in [-0.4, -0.2) is 17.0 Å². The quantitative estimate of drug-likeness (QED) is 0.283. The number of carbonyl (C=O) groups is 1. The minimum absolute atomic E-state index is 0.0264. The SMILES string of the molecule is Cc1cccc(-c2ccc(CNC(=O)Cc3ccc(Oc4ccccc4)cc3)c3cnccc23)c1.O=C=O. The molecular formula is C32H26N2O4. The Morgan fingerprint density at radius 3 is 2.32 bits per heavy atom. The number of hydrogen-bond donors (Lipinski definition) is 1. The van der Waals surface area contributed by atoms with Crippen LogP contribution in [0, 0.1) is 6.92 Å². The summed E-state index contributed by atoms with van der Waals surface area (Å²) >= 11 is 0. The van der Waals surface area contributed by atoms with Crippen molar-refractivity contribution >= 4 is 22.8 Å². The van der Waals surface area contributed by atoms with Crippen LogP contribution < -0.4 is 10.1 Å². The normalized spacial score (nSPS) is 10.1. The van der Waals surface area contributed by atoms with Gasteiger partial charge in [0.05, 0.1) is 6.42 Å². The van der Waals surface area contributed by atoms with Crippen molar-refractivity contribution in [3.05, 3.63) is 126 Å². The summed E-state index contributed by atoms with van der Waals surface area (Å²) in [5.41, 5.74) is 5.55. The number of nitrogens with one attached hydrogen (secondary N) is 1. The molecule has 0 aliphatic heterocycles. The maximum atomic E-state index is 12.7. The molecule has 0 unspecified atom stereocenters. The third kappa shape index (κ3) is 6.78. The molecule has 188 valence electrons. The number of aromatic nitrogens is 1. The first kappa shape index (κ1) is 26.0. The number of fused-ring (bicyclic) bond motifs is 1. The number of carbonyl (C=O) groups excluding carboxylic acids is 3. The fourth-order valence-corrected chi connectivity index (χ4v) is 4.21.